The first-order valence-electron chi connectivity index (χ1n) is 6.64. The monoisotopic (exact) mass is 277 g/mol. The minimum atomic E-state index is -0.949. The van der Waals surface area contributed by atoms with E-state index in [1.807, 2.05) is 19.9 Å². The summed E-state index contributed by atoms with van der Waals surface area (Å²) in [4.78, 5) is 25.4. The maximum Gasteiger partial charge on any atom is 0.326 e. The summed E-state index contributed by atoms with van der Waals surface area (Å²) in [6.07, 6.45) is 0.705. The van der Waals surface area contributed by atoms with E-state index in [1.165, 1.54) is 12.0 Å². The van der Waals surface area contributed by atoms with Crippen molar-refractivity contribution >= 4 is 11.9 Å². The molecule has 20 heavy (non-hydrogen) atoms. The maximum absolute atomic E-state index is 12.6. The first-order chi connectivity index (χ1) is 9.45. The molecule has 1 saturated heterocycles. The summed E-state index contributed by atoms with van der Waals surface area (Å²) < 4.78 is 5.21. The second-order valence-electron chi connectivity index (χ2n) is 5.25. The largest absolute Gasteiger partial charge is 0.496 e. The van der Waals surface area contributed by atoms with E-state index < -0.39 is 12.0 Å². The van der Waals surface area contributed by atoms with Crippen molar-refractivity contribution in [2.75, 3.05) is 13.7 Å². The number of aryl methyl sites for hydroxylation is 1. The molecule has 2 unspecified atom stereocenters. The first-order valence-corrected chi connectivity index (χ1v) is 6.64. The van der Waals surface area contributed by atoms with E-state index in [9.17, 15) is 14.7 Å². The second-order valence-corrected chi connectivity index (χ2v) is 5.25. The quantitative estimate of drug-likeness (QED) is 0.917. The van der Waals surface area contributed by atoms with Crippen LogP contribution in [0, 0.1) is 12.8 Å². The van der Waals surface area contributed by atoms with E-state index in [0.29, 0.717) is 24.3 Å². The number of rotatable bonds is 3. The summed E-state index contributed by atoms with van der Waals surface area (Å²) in [5.41, 5.74) is 1.36. The Balaban J connectivity index is 2.36. The van der Waals surface area contributed by atoms with E-state index in [2.05, 4.69) is 0 Å². The summed E-state index contributed by atoms with van der Waals surface area (Å²) in [6.45, 7) is 4.21. The van der Waals surface area contributed by atoms with Crippen LogP contribution in [0.3, 0.4) is 0 Å². The van der Waals surface area contributed by atoms with Crippen LogP contribution >= 0.6 is 0 Å². The van der Waals surface area contributed by atoms with Gasteiger partial charge in [-0.3, -0.25) is 4.79 Å². The number of likely N-dealkylation sites (tertiary alicyclic amines) is 1. The molecule has 2 rings (SSSR count). The van der Waals surface area contributed by atoms with Gasteiger partial charge in [-0.25, -0.2) is 4.79 Å². The van der Waals surface area contributed by atoms with Crippen LogP contribution < -0.4 is 4.74 Å². The molecule has 1 amide bonds. The van der Waals surface area contributed by atoms with Gasteiger partial charge in [0.15, 0.2) is 0 Å². The molecule has 2 atom stereocenters. The third-order valence-corrected chi connectivity index (χ3v) is 3.80. The topological polar surface area (TPSA) is 66.8 Å². The van der Waals surface area contributed by atoms with Gasteiger partial charge in [-0.1, -0.05) is 18.6 Å². The van der Waals surface area contributed by atoms with E-state index in [1.54, 1.807) is 12.1 Å². The van der Waals surface area contributed by atoms with Crippen molar-refractivity contribution in [3.63, 3.8) is 0 Å². The highest BCUT2D eigenvalue weighted by Gasteiger charge is 2.40. The lowest BCUT2D eigenvalue weighted by Gasteiger charge is -2.24. The maximum atomic E-state index is 12.6. The normalized spacial score (nSPS) is 21.9. The second kappa shape index (κ2) is 5.53. The highest BCUT2D eigenvalue weighted by Crippen LogP contribution is 2.29. The van der Waals surface area contributed by atoms with Crippen molar-refractivity contribution in [2.24, 2.45) is 5.92 Å². The lowest BCUT2D eigenvalue weighted by Crippen LogP contribution is -2.42. The number of hydrogen-bond acceptors (Lipinski definition) is 3. The van der Waals surface area contributed by atoms with Crippen LogP contribution in [0.4, 0.5) is 0 Å². The fourth-order valence-corrected chi connectivity index (χ4v) is 2.70. The fourth-order valence-electron chi connectivity index (χ4n) is 2.70. The summed E-state index contributed by atoms with van der Waals surface area (Å²) in [7, 11) is 1.50. The molecule has 0 spiro atoms. The number of nitrogens with zero attached hydrogens (tertiary/aromatic N) is 1. The Labute approximate surface area is 118 Å². The summed E-state index contributed by atoms with van der Waals surface area (Å²) in [6, 6.07) is 4.57. The molecule has 5 heteroatoms. The van der Waals surface area contributed by atoms with Gasteiger partial charge < -0.3 is 14.7 Å². The Kier molecular flexibility index (Phi) is 3.97. The molecule has 1 N–H and O–H groups in total. The number of carboxylic acids is 1. The van der Waals surface area contributed by atoms with Gasteiger partial charge in [0.2, 0.25) is 0 Å². The first kappa shape index (κ1) is 14.4. The summed E-state index contributed by atoms with van der Waals surface area (Å²) >= 11 is 0. The Morgan fingerprint density at radius 1 is 1.40 bits per heavy atom. The molecule has 108 valence electrons. The van der Waals surface area contributed by atoms with Gasteiger partial charge in [-0.05, 0) is 31.4 Å². The van der Waals surface area contributed by atoms with Gasteiger partial charge in [-0.15, -0.1) is 0 Å². The Bertz CT molecular complexity index is 541. The number of carboxylic acid groups (broad SMARTS) is 1. The minimum absolute atomic E-state index is 0.0349. The molecule has 1 fully saturated rings. The van der Waals surface area contributed by atoms with Crippen LogP contribution in [-0.2, 0) is 4.79 Å². The molecule has 5 nitrogen and oxygen atoms in total. The van der Waals surface area contributed by atoms with Gasteiger partial charge >= 0.3 is 5.97 Å². The number of carbonyl (C=O) groups is 2. The van der Waals surface area contributed by atoms with Crippen molar-refractivity contribution in [3.05, 3.63) is 29.3 Å². The molecule has 1 aliphatic heterocycles. The highest BCUT2D eigenvalue weighted by atomic mass is 16.5. The predicted molar refractivity (Wildman–Crippen MR) is 74.0 cm³/mol. The van der Waals surface area contributed by atoms with E-state index in [0.717, 1.165) is 5.56 Å². The zero-order valence-electron chi connectivity index (χ0n) is 11.9. The lowest BCUT2D eigenvalue weighted by molar-refractivity contribution is -0.142. The van der Waals surface area contributed by atoms with Gasteiger partial charge in [-0.2, -0.15) is 0 Å². The van der Waals surface area contributed by atoms with Gasteiger partial charge in [0.05, 0.1) is 12.7 Å². The van der Waals surface area contributed by atoms with E-state index in [4.69, 9.17) is 4.74 Å². The number of hydrogen-bond donors (Lipinski definition) is 1. The smallest absolute Gasteiger partial charge is 0.326 e. The van der Waals surface area contributed by atoms with Crippen molar-refractivity contribution in [3.8, 4) is 5.75 Å². The standard InChI is InChI=1S/C15H19NO4/c1-9-4-5-12(20-3)11(8-9)14(17)16-7-6-10(2)13(16)15(18)19/h4-5,8,10,13H,6-7H2,1-3H3,(H,18,19). The molecule has 1 aliphatic rings. The van der Waals surface area contributed by atoms with Crippen molar-refractivity contribution in [1.82, 2.24) is 4.90 Å². The molecule has 1 aromatic rings. The molecule has 0 saturated carbocycles. The number of aliphatic carboxylic acids is 1. The molecular formula is C15H19NO4. The number of carbonyl (C=O) groups excluding carboxylic acids is 1. The molecule has 0 bridgehead atoms. The van der Waals surface area contributed by atoms with Crippen LogP contribution in [0.5, 0.6) is 5.75 Å². The van der Waals surface area contributed by atoms with Gasteiger partial charge in [0.25, 0.3) is 5.91 Å². The van der Waals surface area contributed by atoms with Crippen LogP contribution in [-0.4, -0.2) is 41.6 Å². The predicted octanol–water partition coefficient (Wildman–Crippen LogP) is 1.94. The molecule has 1 aromatic carbocycles. The molecule has 0 radical (unpaired) electrons. The summed E-state index contributed by atoms with van der Waals surface area (Å²) in [5, 5.41) is 9.31. The third kappa shape index (κ3) is 2.48. The lowest BCUT2D eigenvalue weighted by atomic mass is 10.0. The number of ether oxygens (including phenoxy) is 1. The van der Waals surface area contributed by atoms with Gasteiger partial charge in [0.1, 0.15) is 11.8 Å². The van der Waals surface area contributed by atoms with Crippen molar-refractivity contribution in [2.45, 2.75) is 26.3 Å². The zero-order chi connectivity index (χ0) is 14.9. The Hall–Kier alpha value is -2.04. The number of amides is 1. The van der Waals surface area contributed by atoms with Gasteiger partial charge in [0, 0.05) is 6.54 Å². The van der Waals surface area contributed by atoms with Crippen LogP contribution in [0.1, 0.15) is 29.3 Å². The zero-order valence-corrected chi connectivity index (χ0v) is 11.9. The Morgan fingerprint density at radius 3 is 2.70 bits per heavy atom. The van der Waals surface area contributed by atoms with Crippen LogP contribution in [0.25, 0.3) is 0 Å². The Morgan fingerprint density at radius 2 is 2.10 bits per heavy atom. The molecular weight excluding hydrogens is 258 g/mol. The highest BCUT2D eigenvalue weighted by molar-refractivity contribution is 5.99. The van der Waals surface area contributed by atoms with Crippen molar-refractivity contribution in [1.29, 1.82) is 0 Å². The van der Waals surface area contributed by atoms with E-state index >= 15 is 0 Å². The van der Waals surface area contributed by atoms with Crippen molar-refractivity contribution < 1.29 is 19.4 Å². The average molecular weight is 277 g/mol. The fraction of sp³-hybridized carbons (Fsp3) is 0.467. The molecule has 0 aliphatic carbocycles. The SMILES string of the molecule is COc1ccc(C)cc1C(=O)N1CCC(C)C1C(=O)O. The molecule has 0 aromatic heterocycles. The minimum Gasteiger partial charge on any atom is -0.496 e. The number of methoxy groups -OCH3 is 1. The average Bonchev–Trinajstić information content (AvgIpc) is 2.79. The van der Waals surface area contributed by atoms with Crippen LogP contribution in [0.2, 0.25) is 0 Å². The third-order valence-electron chi connectivity index (χ3n) is 3.80. The van der Waals surface area contributed by atoms with Crippen LogP contribution in [0.15, 0.2) is 18.2 Å². The molecule has 1 heterocycles. The van der Waals surface area contributed by atoms with E-state index in [-0.39, 0.29) is 11.8 Å². The number of benzene rings is 1. The summed E-state index contributed by atoms with van der Waals surface area (Å²) in [5.74, 6) is -0.784.